The maximum absolute atomic E-state index is 12.2. The van der Waals surface area contributed by atoms with Crippen LogP contribution in [0.3, 0.4) is 0 Å². The van der Waals surface area contributed by atoms with Gasteiger partial charge in [-0.25, -0.2) is 4.79 Å². The number of benzene rings is 1. The van der Waals surface area contributed by atoms with Crippen molar-refractivity contribution in [2.45, 2.75) is 25.7 Å². The molecular weight excluding hydrogens is 322 g/mol. The van der Waals surface area contributed by atoms with Gasteiger partial charge in [0.25, 0.3) is 5.91 Å². The number of morpholine rings is 1. The number of rotatable bonds is 3. The fourth-order valence-corrected chi connectivity index (χ4v) is 3.56. The van der Waals surface area contributed by atoms with Gasteiger partial charge in [-0.1, -0.05) is 0 Å². The molecule has 1 fully saturated rings. The van der Waals surface area contributed by atoms with Gasteiger partial charge >= 0.3 is 5.63 Å². The number of ether oxygens (including phenoxy) is 2. The van der Waals surface area contributed by atoms with Crippen molar-refractivity contribution < 1.29 is 18.7 Å². The molecule has 1 aromatic heterocycles. The van der Waals surface area contributed by atoms with Crippen molar-refractivity contribution in [2.24, 2.45) is 0 Å². The number of amides is 1. The predicted octanol–water partition coefficient (Wildman–Crippen LogP) is 1.91. The van der Waals surface area contributed by atoms with Crippen LogP contribution in [0.1, 0.15) is 24.0 Å². The number of nitrogens with zero attached hydrogens (tertiary/aromatic N) is 1. The average molecular weight is 343 g/mol. The second-order valence-corrected chi connectivity index (χ2v) is 6.49. The zero-order chi connectivity index (χ0) is 17.2. The smallest absolute Gasteiger partial charge is 0.339 e. The first-order chi connectivity index (χ1) is 12.2. The molecule has 1 aromatic carbocycles. The van der Waals surface area contributed by atoms with Crippen LogP contribution in [0.25, 0.3) is 11.0 Å². The first kappa shape index (κ1) is 16.1. The summed E-state index contributed by atoms with van der Waals surface area (Å²) < 4.78 is 16.3. The van der Waals surface area contributed by atoms with E-state index >= 15 is 0 Å². The fourth-order valence-electron chi connectivity index (χ4n) is 3.56. The lowest BCUT2D eigenvalue weighted by molar-refractivity contribution is -0.137. The Hall–Kier alpha value is -2.34. The topological polar surface area (TPSA) is 69.0 Å². The molecule has 0 radical (unpaired) electrons. The molecule has 2 aliphatic rings. The van der Waals surface area contributed by atoms with Crippen molar-refractivity contribution in [3.8, 4) is 5.75 Å². The monoisotopic (exact) mass is 343 g/mol. The van der Waals surface area contributed by atoms with E-state index in [1.54, 1.807) is 11.0 Å². The Morgan fingerprint density at radius 3 is 2.68 bits per heavy atom. The summed E-state index contributed by atoms with van der Waals surface area (Å²) in [6.07, 6.45) is 3.83. The molecule has 0 bridgehead atoms. The maximum Gasteiger partial charge on any atom is 0.339 e. The van der Waals surface area contributed by atoms with E-state index in [0.717, 1.165) is 42.2 Å². The maximum atomic E-state index is 12.2. The van der Waals surface area contributed by atoms with E-state index in [1.807, 2.05) is 12.1 Å². The summed E-state index contributed by atoms with van der Waals surface area (Å²) in [4.78, 5) is 26.1. The van der Waals surface area contributed by atoms with E-state index in [0.29, 0.717) is 37.6 Å². The number of hydrogen-bond acceptors (Lipinski definition) is 5. The van der Waals surface area contributed by atoms with Crippen molar-refractivity contribution in [2.75, 3.05) is 32.9 Å². The minimum Gasteiger partial charge on any atom is -0.484 e. The molecule has 6 heteroatoms. The van der Waals surface area contributed by atoms with Gasteiger partial charge in [0.2, 0.25) is 0 Å². The highest BCUT2D eigenvalue weighted by atomic mass is 16.5. The Labute approximate surface area is 145 Å². The molecular formula is C19H21NO5. The van der Waals surface area contributed by atoms with Gasteiger partial charge in [0.15, 0.2) is 6.61 Å². The Bertz CT molecular complexity index is 851. The molecule has 0 saturated carbocycles. The summed E-state index contributed by atoms with van der Waals surface area (Å²) >= 11 is 0. The SMILES string of the molecule is O=C(COc1ccc2c3c(c(=O)oc2c1)CCCC3)N1CCOCC1. The van der Waals surface area contributed by atoms with Gasteiger partial charge in [-0.2, -0.15) is 0 Å². The highest BCUT2D eigenvalue weighted by Gasteiger charge is 2.19. The van der Waals surface area contributed by atoms with Crippen LogP contribution in [0.5, 0.6) is 5.75 Å². The summed E-state index contributed by atoms with van der Waals surface area (Å²) in [5.41, 5.74) is 2.20. The molecule has 0 spiro atoms. The Balaban J connectivity index is 1.53. The Morgan fingerprint density at radius 1 is 1.12 bits per heavy atom. The number of aryl methyl sites for hydroxylation is 1. The summed E-state index contributed by atoms with van der Waals surface area (Å²) in [5, 5.41) is 0.973. The van der Waals surface area contributed by atoms with Crippen LogP contribution in [-0.2, 0) is 22.4 Å². The largest absolute Gasteiger partial charge is 0.484 e. The highest BCUT2D eigenvalue weighted by Crippen LogP contribution is 2.29. The Kier molecular flexibility index (Phi) is 4.44. The molecule has 6 nitrogen and oxygen atoms in total. The van der Waals surface area contributed by atoms with Crippen molar-refractivity contribution in [3.05, 3.63) is 39.7 Å². The number of carbonyl (C=O) groups excluding carboxylic acids is 1. The molecule has 1 aliphatic carbocycles. The van der Waals surface area contributed by atoms with Crippen LogP contribution in [0.15, 0.2) is 27.4 Å². The number of fused-ring (bicyclic) bond motifs is 3. The third kappa shape index (κ3) is 3.26. The van der Waals surface area contributed by atoms with E-state index in [4.69, 9.17) is 13.9 Å². The predicted molar refractivity (Wildman–Crippen MR) is 92.0 cm³/mol. The number of carbonyl (C=O) groups is 1. The van der Waals surface area contributed by atoms with Gasteiger partial charge in [-0.15, -0.1) is 0 Å². The molecule has 1 aliphatic heterocycles. The lowest BCUT2D eigenvalue weighted by Gasteiger charge is -2.26. The summed E-state index contributed by atoms with van der Waals surface area (Å²) in [7, 11) is 0. The fraction of sp³-hybridized carbons (Fsp3) is 0.474. The molecule has 25 heavy (non-hydrogen) atoms. The van der Waals surface area contributed by atoms with Gasteiger partial charge in [0.1, 0.15) is 11.3 Å². The van der Waals surface area contributed by atoms with Crippen molar-refractivity contribution in [1.82, 2.24) is 4.90 Å². The van der Waals surface area contributed by atoms with Gasteiger partial charge in [0, 0.05) is 30.1 Å². The van der Waals surface area contributed by atoms with Crippen molar-refractivity contribution in [3.63, 3.8) is 0 Å². The quantitative estimate of drug-likeness (QED) is 0.797. The van der Waals surface area contributed by atoms with Gasteiger partial charge in [-0.05, 0) is 43.4 Å². The molecule has 2 heterocycles. The highest BCUT2D eigenvalue weighted by molar-refractivity contribution is 5.83. The standard InChI is InChI=1S/C19H21NO5/c21-18(20-7-9-23-10-8-20)12-24-13-5-6-15-14-3-1-2-4-16(14)19(22)25-17(15)11-13/h5-6,11H,1-4,7-10,12H2. The zero-order valence-electron chi connectivity index (χ0n) is 14.1. The third-order valence-electron chi connectivity index (χ3n) is 4.92. The van der Waals surface area contributed by atoms with Crippen LogP contribution in [0.4, 0.5) is 0 Å². The van der Waals surface area contributed by atoms with Crippen LogP contribution < -0.4 is 10.4 Å². The molecule has 2 aromatic rings. The van der Waals surface area contributed by atoms with Crippen molar-refractivity contribution >= 4 is 16.9 Å². The first-order valence-electron chi connectivity index (χ1n) is 8.79. The van der Waals surface area contributed by atoms with Crippen molar-refractivity contribution in [1.29, 1.82) is 0 Å². The third-order valence-corrected chi connectivity index (χ3v) is 4.92. The lowest BCUT2D eigenvalue weighted by atomic mass is 9.91. The van der Waals surface area contributed by atoms with E-state index in [2.05, 4.69) is 0 Å². The zero-order valence-corrected chi connectivity index (χ0v) is 14.1. The van der Waals surface area contributed by atoms with Crippen LogP contribution in [0.2, 0.25) is 0 Å². The molecule has 132 valence electrons. The Morgan fingerprint density at radius 2 is 1.88 bits per heavy atom. The molecule has 0 unspecified atom stereocenters. The second kappa shape index (κ2) is 6.88. The lowest BCUT2D eigenvalue weighted by Crippen LogP contribution is -2.42. The average Bonchev–Trinajstić information content (AvgIpc) is 2.67. The van der Waals surface area contributed by atoms with Gasteiger partial charge < -0.3 is 18.8 Å². The minimum atomic E-state index is -0.247. The molecule has 1 amide bonds. The van der Waals surface area contributed by atoms with E-state index in [-0.39, 0.29) is 18.1 Å². The number of hydrogen-bond donors (Lipinski definition) is 0. The van der Waals surface area contributed by atoms with Gasteiger partial charge in [0.05, 0.1) is 13.2 Å². The molecule has 1 saturated heterocycles. The normalized spacial score (nSPS) is 17.4. The molecule has 0 N–H and O–H groups in total. The summed E-state index contributed by atoms with van der Waals surface area (Å²) in [5.74, 6) is 0.475. The van der Waals surface area contributed by atoms with Crippen LogP contribution in [-0.4, -0.2) is 43.7 Å². The molecule has 0 atom stereocenters. The van der Waals surface area contributed by atoms with Gasteiger partial charge in [-0.3, -0.25) is 4.79 Å². The van der Waals surface area contributed by atoms with E-state index in [1.165, 1.54) is 0 Å². The minimum absolute atomic E-state index is 0.0271. The van der Waals surface area contributed by atoms with Crippen LogP contribution >= 0.6 is 0 Å². The van der Waals surface area contributed by atoms with E-state index in [9.17, 15) is 9.59 Å². The second-order valence-electron chi connectivity index (χ2n) is 6.49. The molecule has 4 rings (SSSR count). The first-order valence-corrected chi connectivity index (χ1v) is 8.79. The van der Waals surface area contributed by atoms with E-state index < -0.39 is 0 Å². The van der Waals surface area contributed by atoms with Crippen LogP contribution in [0, 0.1) is 0 Å². The summed E-state index contributed by atoms with van der Waals surface area (Å²) in [6, 6.07) is 5.47. The summed E-state index contributed by atoms with van der Waals surface area (Å²) in [6.45, 7) is 2.30.